The van der Waals surface area contributed by atoms with Crippen molar-refractivity contribution in [2.45, 2.75) is 38.8 Å². The van der Waals surface area contributed by atoms with Crippen LogP contribution in [0.1, 0.15) is 36.9 Å². The molecular weight excluding hydrogens is 256 g/mol. The summed E-state index contributed by atoms with van der Waals surface area (Å²) >= 11 is 0. The highest BCUT2D eigenvalue weighted by molar-refractivity contribution is 5.83. The van der Waals surface area contributed by atoms with Crippen LogP contribution in [0.2, 0.25) is 0 Å². The van der Waals surface area contributed by atoms with Gasteiger partial charge in [-0.1, -0.05) is 29.8 Å². The van der Waals surface area contributed by atoms with E-state index in [1.807, 2.05) is 38.1 Å². The largest absolute Gasteiger partial charge is 0.480 e. The summed E-state index contributed by atoms with van der Waals surface area (Å²) in [6.45, 7) is 4.41. The number of nitrogens with zero attached hydrogens (tertiary/aromatic N) is 1. The molecule has 5 nitrogen and oxygen atoms in total. The van der Waals surface area contributed by atoms with Crippen molar-refractivity contribution in [3.63, 3.8) is 0 Å². The second-order valence-corrected chi connectivity index (χ2v) is 5.27. The SMILES string of the molecule is Cc1ccc(C(C)NC(=O)N2CCC[C@H]2C(=O)O)cc1. The Morgan fingerprint density at radius 2 is 2.00 bits per heavy atom. The Labute approximate surface area is 118 Å². The Kier molecular flexibility index (Phi) is 4.27. The van der Waals surface area contributed by atoms with Crippen molar-refractivity contribution in [2.24, 2.45) is 0 Å². The van der Waals surface area contributed by atoms with Gasteiger partial charge in [-0.25, -0.2) is 9.59 Å². The third kappa shape index (κ3) is 3.10. The molecule has 0 aromatic heterocycles. The van der Waals surface area contributed by atoms with Gasteiger partial charge in [0.2, 0.25) is 0 Å². The summed E-state index contributed by atoms with van der Waals surface area (Å²) in [6.07, 6.45) is 1.27. The maximum absolute atomic E-state index is 12.2. The molecule has 0 saturated carbocycles. The molecule has 1 aromatic rings. The van der Waals surface area contributed by atoms with Gasteiger partial charge in [0.15, 0.2) is 0 Å². The summed E-state index contributed by atoms with van der Waals surface area (Å²) in [5.41, 5.74) is 2.17. The fourth-order valence-corrected chi connectivity index (χ4v) is 2.47. The number of hydrogen-bond donors (Lipinski definition) is 2. The fourth-order valence-electron chi connectivity index (χ4n) is 2.47. The molecule has 0 spiro atoms. The summed E-state index contributed by atoms with van der Waals surface area (Å²) in [7, 11) is 0. The Morgan fingerprint density at radius 3 is 2.60 bits per heavy atom. The number of aliphatic carboxylic acids is 1. The average molecular weight is 276 g/mol. The lowest BCUT2D eigenvalue weighted by Gasteiger charge is -2.24. The van der Waals surface area contributed by atoms with Gasteiger partial charge in [-0.15, -0.1) is 0 Å². The van der Waals surface area contributed by atoms with E-state index in [1.54, 1.807) is 0 Å². The van der Waals surface area contributed by atoms with Crippen LogP contribution in [-0.4, -0.2) is 34.6 Å². The number of rotatable bonds is 3. The highest BCUT2D eigenvalue weighted by Gasteiger charge is 2.34. The highest BCUT2D eigenvalue weighted by atomic mass is 16.4. The highest BCUT2D eigenvalue weighted by Crippen LogP contribution is 2.19. The number of carbonyl (C=O) groups is 2. The molecule has 2 amide bonds. The van der Waals surface area contributed by atoms with Gasteiger partial charge in [0.1, 0.15) is 6.04 Å². The molecule has 2 N–H and O–H groups in total. The molecule has 1 fully saturated rings. The van der Waals surface area contributed by atoms with E-state index in [2.05, 4.69) is 5.32 Å². The van der Waals surface area contributed by atoms with Gasteiger partial charge in [0, 0.05) is 6.54 Å². The van der Waals surface area contributed by atoms with Gasteiger partial charge in [-0.05, 0) is 32.3 Å². The zero-order chi connectivity index (χ0) is 14.7. The van der Waals surface area contributed by atoms with E-state index in [-0.39, 0.29) is 12.1 Å². The second kappa shape index (κ2) is 5.94. The van der Waals surface area contributed by atoms with Crippen molar-refractivity contribution in [1.82, 2.24) is 10.2 Å². The minimum Gasteiger partial charge on any atom is -0.480 e. The predicted octanol–water partition coefficient (Wildman–Crippen LogP) is 2.31. The number of carboxylic acid groups (broad SMARTS) is 1. The number of carbonyl (C=O) groups excluding carboxylic acids is 1. The van der Waals surface area contributed by atoms with E-state index in [1.165, 1.54) is 4.90 Å². The van der Waals surface area contributed by atoms with E-state index >= 15 is 0 Å². The van der Waals surface area contributed by atoms with Gasteiger partial charge in [0.05, 0.1) is 6.04 Å². The molecule has 1 aromatic carbocycles. The standard InChI is InChI=1S/C15H20N2O3/c1-10-5-7-12(8-6-10)11(2)16-15(20)17-9-3-4-13(17)14(18)19/h5-8,11,13H,3-4,9H2,1-2H3,(H,16,20)(H,18,19)/t11?,13-/m0/s1. The summed E-state index contributed by atoms with van der Waals surface area (Å²) in [4.78, 5) is 24.7. The van der Waals surface area contributed by atoms with Gasteiger partial charge < -0.3 is 15.3 Å². The molecule has 0 bridgehead atoms. The molecule has 2 atom stereocenters. The third-order valence-corrected chi connectivity index (χ3v) is 3.72. The molecule has 0 aliphatic carbocycles. The Balaban J connectivity index is 2.00. The Morgan fingerprint density at radius 1 is 1.35 bits per heavy atom. The van der Waals surface area contributed by atoms with Crippen molar-refractivity contribution in [3.8, 4) is 0 Å². The minimum absolute atomic E-state index is 0.141. The summed E-state index contributed by atoms with van der Waals surface area (Å²) in [5.74, 6) is -0.930. The predicted molar refractivity (Wildman–Crippen MR) is 75.5 cm³/mol. The second-order valence-electron chi connectivity index (χ2n) is 5.27. The average Bonchev–Trinajstić information content (AvgIpc) is 2.88. The number of hydrogen-bond acceptors (Lipinski definition) is 2. The molecule has 1 unspecified atom stereocenters. The number of benzene rings is 1. The van der Waals surface area contributed by atoms with Gasteiger partial charge in [0.25, 0.3) is 0 Å². The molecule has 1 saturated heterocycles. The van der Waals surface area contributed by atoms with Gasteiger partial charge >= 0.3 is 12.0 Å². The first-order chi connectivity index (χ1) is 9.49. The number of amides is 2. The molecule has 1 aliphatic rings. The summed E-state index contributed by atoms with van der Waals surface area (Å²) in [6, 6.07) is 6.79. The van der Waals surface area contributed by atoms with E-state index in [9.17, 15) is 9.59 Å². The molecule has 5 heteroatoms. The first-order valence-electron chi connectivity index (χ1n) is 6.85. The van der Waals surface area contributed by atoms with Crippen LogP contribution >= 0.6 is 0 Å². The molecule has 2 rings (SSSR count). The summed E-state index contributed by atoms with van der Waals surface area (Å²) in [5, 5.41) is 12.0. The van der Waals surface area contributed by atoms with Crippen molar-refractivity contribution >= 4 is 12.0 Å². The number of likely N-dealkylation sites (tertiary alicyclic amines) is 1. The van der Waals surface area contributed by atoms with Crippen LogP contribution in [0, 0.1) is 6.92 Å². The smallest absolute Gasteiger partial charge is 0.326 e. The monoisotopic (exact) mass is 276 g/mol. The molecular formula is C15H20N2O3. The molecule has 20 heavy (non-hydrogen) atoms. The number of aryl methyl sites for hydroxylation is 1. The van der Waals surface area contributed by atoms with Crippen LogP contribution in [0.3, 0.4) is 0 Å². The minimum atomic E-state index is -0.930. The number of nitrogens with one attached hydrogen (secondary N) is 1. The molecule has 108 valence electrons. The van der Waals surface area contributed by atoms with Crippen LogP contribution in [-0.2, 0) is 4.79 Å². The van der Waals surface area contributed by atoms with Crippen molar-refractivity contribution in [1.29, 1.82) is 0 Å². The van der Waals surface area contributed by atoms with Crippen LogP contribution < -0.4 is 5.32 Å². The van der Waals surface area contributed by atoms with E-state index in [0.29, 0.717) is 13.0 Å². The lowest BCUT2D eigenvalue weighted by molar-refractivity contribution is -0.141. The van der Waals surface area contributed by atoms with Gasteiger partial charge in [-0.3, -0.25) is 0 Å². The van der Waals surface area contributed by atoms with E-state index in [4.69, 9.17) is 5.11 Å². The van der Waals surface area contributed by atoms with Crippen molar-refractivity contribution in [3.05, 3.63) is 35.4 Å². The maximum atomic E-state index is 12.2. The topological polar surface area (TPSA) is 69.6 Å². The zero-order valence-electron chi connectivity index (χ0n) is 11.8. The lowest BCUT2D eigenvalue weighted by Crippen LogP contribution is -2.46. The number of carboxylic acids is 1. The quantitative estimate of drug-likeness (QED) is 0.890. The van der Waals surface area contributed by atoms with Crippen LogP contribution in [0.5, 0.6) is 0 Å². The van der Waals surface area contributed by atoms with E-state index in [0.717, 1.165) is 17.5 Å². The third-order valence-electron chi connectivity index (χ3n) is 3.72. The first kappa shape index (κ1) is 14.4. The Bertz CT molecular complexity index is 498. The Hall–Kier alpha value is -2.04. The number of urea groups is 1. The maximum Gasteiger partial charge on any atom is 0.326 e. The fraction of sp³-hybridized carbons (Fsp3) is 0.467. The summed E-state index contributed by atoms with van der Waals surface area (Å²) < 4.78 is 0. The van der Waals surface area contributed by atoms with Crippen molar-refractivity contribution < 1.29 is 14.7 Å². The van der Waals surface area contributed by atoms with Crippen LogP contribution in [0.4, 0.5) is 4.79 Å². The molecule has 1 heterocycles. The molecule has 0 radical (unpaired) electrons. The van der Waals surface area contributed by atoms with Crippen LogP contribution in [0.25, 0.3) is 0 Å². The zero-order valence-corrected chi connectivity index (χ0v) is 11.8. The van der Waals surface area contributed by atoms with Crippen LogP contribution in [0.15, 0.2) is 24.3 Å². The normalized spacial score (nSPS) is 19.7. The first-order valence-corrected chi connectivity index (χ1v) is 6.85. The van der Waals surface area contributed by atoms with E-state index < -0.39 is 12.0 Å². The molecule has 1 aliphatic heterocycles. The van der Waals surface area contributed by atoms with Gasteiger partial charge in [-0.2, -0.15) is 0 Å². The van der Waals surface area contributed by atoms with Crippen molar-refractivity contribution in [2.75, 3.05) is 6.54 Å². The lowest BCUT2D eigenvalue weighted by atomic mass is 10.1.